The van der Waals surface area contributed by atoms with E-state index >= 15 is 0 Å². The van der Waals surface area contributed by atoms with Gasteiger partial charge < -0.3 is 35.1 Å². The summed E-state index contributed by atoms with van der Waals surface area (Å²) < 4.78 is 17.1. The fourth-order valence-electron chi connectivity index (χ4n) is 5.76. The normalized spacial score (nSPS) is 13.7. The van der Waals surface area contributed by atoms with E-state index in [1.54, 1.807) is 33.5 Å². The number of methoxy groups -OCH3 is 3. The van der Waals surface area contributed by atoms with Crippen LogP contribution in [0.25, 0.3) is 22.2 Å². The number of anilines is 2. The van der Waals surface area contributed by atoms with E-state index in [4.69, 9.17) is 14.2 Å². The smallest absolute Gasteiger partial charge is 0.224 e. The monoisotopic (exact) mass is 599 g/mol. The van der Waals surface area contributed by atoms with Gasteiger partial charge in [0.05, 0.1) is 44.1 Å². The van der Waals surface area contributed by atoms with Crippen LogP contribution in [0.4, 0.5) is 11.4 Å². The summed E-state index contributed by atoms with van der Waals surface area (Å²) >= 11 is 0. The molecule has 1 aliphatic carbocycles. The molecule has 1 heterocycles. The molecule has 0 spiro atoms. The van der Waals surface area contributed by atoms with Gasteiger partial charge in [-0.25, -0.2) is 4.98 Å². The van der Waals surface area contributed by atoms with E-state index in [2.05, 4.69) is 25.9 Å². The Labute approximate surface area is 255 Å². The van der Waals surface area contributed by atoms with Gasteiger partial charge in [-0.1, -0.05) is 6.07 Å². The number of benzene rings is 2. The molecule has 4 aromatic rings. The van der Waals surface area contributed by atoms with E-state index in [0.29, 0.717) is 60.0 Å². The largest absolute Gasteiger partial charge is 0.493 e. The minimum absolute atomic E-state index is 0.124. The van der Waals surface area contributed by atoms with Crippen molar-refractivity contribution in [2.24, 2.45) is 0 Å². The summed E-state index contributed by atoms with van der Waals surface area (Å²) in [6.45, 7) is 3.76. The SMILES string of the molecule is COc1cc2c(c(OC)c1OC)-c1ccc(NCCCC(=O)Nc3ccc4nc(C)[nH]c4c3)c(=O)cc1[C@@H](NC(C)=O)CC2. The molecule has 0 bridgehead atoms. The molecule has 1 aromatic heterocycles. The molecular formula is C33H37N5O6. The number of amides is 2. The summed E-state index contributed by atoms with van der Waals surface area (Å²) in [5.41, 5.74) is 5.74. The van der Waals surface area contributed by atoms with Crippen molar-refractivity contribution in [3.05, 3.63) is 69.6 Å². The lowest BCUT2D eigenvalue weighted by atomic mass is 9.95. The minimum atomic E-state index is -0.391. The molecule has 0 radical (unpaired) electrons. The van der Waals surface area contributed by atoms with Crippen LogP contribution in [0.1, 0.15) is 49.2 Å². The maximum absolute atomic E-state index is 13.5. The molecule has 5 rings (SSSR count). The molecule has 1 atom stereocenters. The lowest BCUT2D eigenvalue weighted by molar-refractivity contribution is -0.119. The second kappa shape index (κ2) is 13.1. The van der Waals surface area contributed by atoms with E-state index in [-0.39, 0.29) is 23.7 Å². The van der Waals surface area contributed by atoms with E-state index in [9.17, 15) is 14.4 Å². The fraction of sp³-hybridized carbons (Fsp3) is 0.333. The Hall–Kier alpha value is -5.06. The van der Waals surface area contributed by atoms with Crippen LogP contribution in [-0.2, 0) is 16.0 Å². The zero-order chi connectivity index (χ0) is 31.4. The fourth-order valence-corrected chi connectivity index (χ4v) is 5.76. The van der Waals surface area contributed by atoms with Crippen LogP contribution < -0.4 is 35.6 Å². The van der Waals surface area contributed by atoms with Gasteiger partial charge in [0.2, 0.25) is 23.0 Å². The Morgan fingerprint density at radius 3 is 2.55 bits per heavy atom. The van der Waals surface area contributed by atoms with Crippen molar-refractivity contribution in [1.82, 2.24) is 15.3 Å². The topological polar surface area (TPSA) is 144 Å². The minimum Gasteiger partial charge on any atom is -0.493 e. The molecule has 0 fully saturated rings. The van der Waals surface area contributed by atoms with Crippen molar-refractivity contribution in [1.29, 1.82) is 0 Å². The number of aryl methyl sites for hydroxylation is 2. The first kappa shape index (κ1) is 30.4. The average Bonchev–Trinajstić information content (AvgIpc) is 3.21. The first-order chi connectivity index (χ1) is 21.2. The van der Waals surface area contributed by atoms with Gasteiger partial charge in [-0.3, -0.25) is 14.4 Å². The molecule has 1 aliphatic rings. The van der Waals surface area contributed by atoms with E-state index in [1.807, 2.05) is 37.3 Å². The van der Waals surface area contributed by atoms with Gasteiger partial charge in [0, 0.05) is 31.1 Å². The Morgan fingerprint density at radius 1 is 1.02 bits per heavy atom. The quantitative estimate of drug-likeness (QED) is 0.189. The van der Waals surface area contributed by atoms with Gasteiger partial charge in [0.15, 0.2) is 11.5 Å². The molecule has 11 heteroatoms. The number of hydrogen-bond donors (Lipinski definition) is 4. The van der Waals surface area contributed by atoms with Gasteiger partial charge >= 0.3 is 0 Å². The van der Waals surface area contributed by atoms with Crippen LogP contribution in [0, 0.1) is 6.92 Å². The highest BCUT2D eigenvalue weighted by Gasteiger charge is 2.29. The van der Waals surface area contributed by atoms with Crippen molar-refractivity contribution in [2.75, 3.05) is 38.5 Å². The highest BCUT2D eigenvalue weighted by atomic mass is 16.5. The maximum Gasteiger partial charge on any atom is 0.224 e. The third kappa shape index (κ3) is 6.31. The lowest BCUT2D eigenvalue weighted by Crippen LogP contribution is -2.26. The van der Waals surface area contributed by atoms with Crippen molar-refractivity contribution in [2.45, 2.75) is 45.6 Å². The van der Waals surface area contributed by atoms with Gasteiger partial charge in [-0.2, -0.15) is 0 Å². The number of aromatic amines is 1. The molecule has 0 aliphatic heterocycles. The summed E-state index contributed by atoms with van der Waals surface area (Å²) in [5.74, 6) is 1.98. The first-order valence-electron chi connectivity index (χ1n) is 14.5. The molecule has 2 amide bonds. The molecule has 230 valence electrons. The molecule has 4 N–H and O–H groups in total. The van der Waals surface area contributed by atoms with Crippen LogP contribution in [0.15, 0.2) is 47.3 Å². The molecule has 0 unspecified atom stereocenters. The van der Waals surface area contributed by atoms with Crippen molar-refractivity contribution < 1.29 is 23.8 Å². The van der Waals surface area contributed by atoms with Crippen LogP contribution in [0.5, 0.6) is 17.2 Å². The van der Waals surface area contributed by atoms with Crippen LogP contribution in [0.2, 0.25) is 0 Å². The number of hydrogen-bond acceptors (Lipinski definition) is 8. The Morgan fingerprint density at radius 2 is 1.82 bits per heavy atom. The van der Waals surface area contributed by atoms with Crippen LogP contribution in [-0.4, -0.2) is 49.7 Å². The number of H-pyrrole nitrogens is 1. The van der Waals surface area contributed by atoms with Crippen molar-refractivity contribution in [3.8, 4) is 28.4 Å². The number of carbonyl (C=O) groups excluding carboxylic acids is 2. The Kier molecular flexibility index (Phi) is 9.03. The second-order valence-corrected chi connectivity index (χ2v) is 10.7. The number of imidazole rings is 1. The number of carbonyl (C=O) groups is 2. The number of nitrogens with one attached hydrogen (secondary N) is 4. The zero-order valence-electron chi connectivity index (χ0n) is 25.6. The number of rotatable bonds is 10. The van der Waals surface area contributed by atoms with Gasteiger partial charge in [-0.15, -0.1) is 0 Å². The van der Waals surface area contributed by atoms with Gasteiger partial charge in [0.25, 0.3) is 0 Å². The summed E-state index contributed by atoms with van der Waals surface area (Å²) in [6, 6.07) is 12.2. The molecular weight excluding hydrogens is 562 g/mol. The number of nitrogens with zero attached hydrogens (tertiary/aromatic N) is 1. The molecule has 0 saturated carbocycles. The Balaban J connectivity index is 1.37. The van der Waals surface area contributed by atoms with E-state index < -0.39 is 6.04 Å². The highest BCUT2D eigenvalue weighted by Crippen LogP contribution is 2.50. The van der Waals surface area contributed by atoms with E-state index in [0.717, 1.165) is 33.5 Å². The molecule has 0 saturated heterocycles. The van der Waals surface area contributed by atoms with Crippen LogP contribution >= 0.6 is 0 Å². The summed E-state index contributed by atoms with van der Waals surface area (Å²) in [4.78, 5) is 45.8. The van der Waals surface area contributed by atoms with Crippen molar-refractivity contribution >= 4 is 34.2 Å². The number of fused-ring (bicyclic) bond motifs is 4. The zero-order valence-corrected chi connectivity index (χ0v) is 25.6. The molecule has 44 heavy (non-hydrogen) atoms. The first-order valence-corrected chi connectivity index (χ1v) is 14.5. The summed E-state index contributed by atoms with van der Waals surface area (Å²) in [6.07, 6.45) is 1.98. The summed E-state index contributed by atoms with van der Waals surface area (Å²) in [5, 5.41) is 9.13. The molecule has 3 aromatic carbocycles. The third-order valence-electron chi connectivity index (χ3n) is 7.70. The predicted octanol–water partition coefficient (Wildman–Crippen LogP) is 4.88. The molecule has 11 nitrogen and oxygen atoms in total. The average molecular weight is 600 g/mol. The number of aromatic nitrogens is 2. The standard InChI is InChI=1S/C33H37N5O6/c1-18-35-25-12-9-21(16-27(25)36-18)38-30(41)7-6-14-34-26-13-10-22-23(17-28(26)40)24(37-19(2)39)11-8-20-15-29(42-3)32(43-4)33(44-5)31(20)22/h9-10,12-13,15-17,24H,6-8,11,14H2,1-5H3,(H,34,40)(H,35,36)(H,37,39)(H,38,41)/t24-/m0/s1. The van der Waals surface area contributed by atoms with Gasteiger partial charge in [-0.05, 0) is 79.3 Å². The van der Waals surface area contributed by atoms with Crippen LogP contribution in [0.3, 0.4) is 0 Å². The maximum atomic E-state index is 13.5. The third-order valence-corrected chi connectivity index (χ3v) is 7.70. The Bertz CT molecular complexity index is 1780. The second-order valence-electron chi connectivity index (χ2n) is 10.7. The predicted molar refractivity (Wildman–Crippen MR) is 170 cm³/mol. The van der Waals surface area contributed by atoms with Crippen molar-refractivity contribution in [3.63, 3.8) is 0 Å². The lowest BCUT2D eigenvalue weighted by Gasteiger charge is -2.19. The van der Waals surface area contributed by atoms with E-state index in [1.165, 1.54) is 6.92 Å². The van der Waals surface area contributed by atoms with Gasteiger partial charge in [0.1, 0.15) is 5.82 Å². The summed E-state index contributed by atoms with van der Waals surface area (Å²) in [7, 11) is 4.68. The number of ether oxygens (including phenoxy) is 3. The highest BCUT2D eigenvalue weighted by molar-refractivity contribution is 5.93.